The second-order valence-electron chi connectivity index (χ2n) is 6.46. The number of rotatable bonds is 7. The van der Waals surface area contributed by atoms with E-state index in [-0.39, 0.29) is 28.7 Å². The van der Waals surface area contributed by atoms with E-state index in [4.69, 9.17) is 18.6 Å². The molecule has 11 heteroatoms. The normalized spacial score (nSPS) is 13.9. The number of carbonyl (C=O) groups excluding carboxylic acids is 2. The third-order valence-electron chi connectivity index (χ3n) is 4.71. The van der Waals surface area contributed by atoms with Crippen LogP contribution in [0.1, 0.15) is 6.92 Å². The lowest BCUT2D eigenvalue weighted by Gasteiger charge is -2.34. The molecule has 1 aliphatic rings. The summed E-state index contributed by atoms with van der Waals surface area (Å²) in [5, 5.41) is 8.35. The quantitative estimate of drug-likeness (QED) is 0.597. The highest BCUT2D eigenvalue weighted by molar-refractivity contribution is 7.99. The van der Waals surface area contributed by atoms with Crippen LogP contribution >= 0.6 is 11.8 Å². The van der Waals surface area contributed by atoms with Crippen LogP contribution in [0.15, 0.2) is 21.8 Å². The molecule has 0 saturated carbocycles. The summed E-state index contributed by atoms with van der Waals surface area (Å²) in [6.45, 7) is 3.70. The number of amides is 2. The first-order chi connectivity index (χ1) is 14.5. The SMILES string of the molecule is COc1cc(-c2nnc(SCC(=O)N3CCN(C(C)=O)CC3)o2)cc(OC)c1OC. The second kappa shape index (κ2) is 9.70. The predicted molar refractivity (Wildman–Crippen MR) is 109 cm³/mol. The van der Waals surface area contributed by atoms with Gasteiger partial charge in [-0.15, -0.1) is 10.2 Å². The van der Waals surface area contributed by atoms with Crippen molar-refractivity contribution in [1.29, 1.82) is 0 Å². The molecule has 0 spiro atoms. The van der Waals surface area contributed by atoms with Gasteiger partial charge in [-0.05, 0) is 12.1 Å². The maximum Gasteiger partial charge on any atom is 0.277 e. The lowest BCUT2D eigenvalue weighted by atomic mass is 10.2. The van der Waals surface area contributed by atoms with Gasteiger partial charge in [0.25, 0.3) is 5.22 Å². The van der Waals surface area contributed by atoms with Crippen molar-refractivity contribution >= 4 is 23.6 Å². The van der Waals surface area contributed by atoms with Gasteiger partial charge in [0.15, 0.2) is 11.5 Å². The molecular weight excluding hydrogens is 412 g/mol. The molecule has 1 aromatic heterocycles. The van der Waals surface area contributed by atoms with Gasteiger partial charge < -0.3 is 28.4 Å². The number of aromatic nitrogens is 2. The summed E-state index contributed by atoms with van der Waals surface area (Å²) >= 11 is 1.17. The van der Waals surface area contributed by atoms with Crippen molar-refractivity contribution in [3.63, 3.8) is 0 Å². The predicted octanol–water partition coefficient (Wildman–Crippen LogP) is 1.55. The molecule has 0 radical (unpaired) electrons. The number of piperazine rings is 1. The van der Waals surface area contributed by atoms with Gasteiger partial charge in [0.1, 0.15) is 0 Å². The van der Waals surface area contributed by atoms with Gasteiger partial charge in [0, 0.05) is 38.7 Å². The van der Waals surface area contributed by atoms with Crippen molar-refractivity contribution in [2.75, 3.05) is 53.3 Å². The van der Waals surface area contributed by atoms with Gasteiger partial charge in [0.05, 0.1) is 27.1 Å². The number of benzene rings is 1. The van der Waals surface area contributed by atoms with Crippen LogP contribution in [0.5, 0.6) is 17.2 Å². The molecule has 162 valence electrons. The van der Waals surface area contributed by atoms with E-state index in [2.05, 4.69) is 10.2 Å². The van der Waals surface area contributed by atoms with E-state index in [0.717, 1.165) is 0 Å². The van der Waals surface area contributed by atoms with Crippen molar-refractivity contribution in [3.05, 3.63) is 12.1 Å². The zero-order valence-corrected chi connectivity index (χ0v) is 18.2. The maximum absolute atomic E-state index is 12.4. The highest BCUT2D eigenvalue weighted by Gasteiger charge is 2.23. The largest absolute Gasteiger partial charge is 0.493 e. The molecule has 1 aromatic carbocycles. The summed E-state index contributed by atoms with van der Waals surface area (Å²) < 4.78 is 21.7. The number of hydrogen-bond acceptors (Lipinski definition) is 9. The van der Waals surface area contributed by atoms with E-state index in [1.807, 2.05) is 0 Å². The lowest BCUT2D eigenvalue weighted by Crippen LogP contribution is -2.50. The molecule has 0 bridgehead atoms. The van der Waals surface area contributed by atoms with Crippen molar-refractivity contribution < 1.29 is 28.2 Å². The van der Waals surface area contributed by atoms with E-state index in [9.17, 15) is 9.59 Å². The minimum atomic E-state index is -0.0317. The zero-order chi connectivity index (χ0) is 21.7. The van der Waals surface area contributed by atoms with Gasteiger partial charge in [-0.25, -0.2) is 0 Å². The Kier molecular flexibility index (Phi) is 7.03. The zero-order valence-electron chi connectivity index (χ0n) is 17.3. The van der Waals surface area contributed by atoms with E-state index >= 15 is 0 Å². The fraction of sp³-hybridized carbons (Fsp3) is 0.474. The number of nitrogens with zero attached hydrogens (tertiary/aromatic N) is 4. The molecular formula is C19H24N4O6S. The monoisotopic (exact) mass is 436 g/mol. The average molecular weight is 436 g/mol. The van der Waals surface area contributed by atoms with Crippen molar-refractivity contribution in [1.82, 2.24) is 20.0 Å². The topological polar surface area (TPSA) is 107 Å². The summed E-state index contributed by atoms with van der Waals surface area (Å²) in [5.74, 6) is 1.86. The van der Waals surface area contributed by atoms with Crippen LogP contribution in [0.3, 0.4) is 0 Å². The van der Waals surface area contributed by atoms with Crippen molar-refractivity contribution in [3.8, 4) is 28.7 Å². The second-order valence-corrected chi connectivity index (χ2v) is 7.39. The number of thioether (sulfide) groups is 1. The van der Waals surface area contributed by atoms with Crippen molar-refractivity contribution in [2.45, 2.75) is 12.1 Å². The number of hydrogen-bond donors (Lipinski definition) is 0. The van der Waals surface area contributed by atoms with Gasteiger partial charge in [-0.3, -0.25) is 9.59 Å². The Morgan fingerprint density at radius 2 is 1.60 bits per heavy atom. The standard InChI is InChI=1S/C19H24N4O6S/c1-12(24)22-5-7-23(8-6-22)16(25)11-30-19-21-20-18(29-19)13-9-14(26-2)17(28-4)15(10-13)27-3/h9-10H,5-8,11H2,1-4H3. The molecule has 10 nitrogen and oxygen atoms in total. The summed E-state index contributed by atoms with van der Waals surface area (Å²) in [7, 11) is 4.58. The first-order valence-corrected chi connectivity index (χ1v) is 10.2. The summed E-state index contributed by atoms with van der Waals surface area (Å²) in [6, 6.07) is 3.42. The van der Waals surface area contributed by atoms with E-state index in [1.165, 1.54) is 40.0 Å². The fourth-order valence-corrected chi connectivity index (χ4v) is 3.74. The van der Waals surface area contributed by atoms with Gasteiger partial charge in [-0.2, -0.15) is 0 Å². The molecule has 1 fully saturated rings. The van der Waals surface area contributed by atoms with E-state index in [1.54, 1.807) is 21.9 Å². The number of methoxy groups -OCH3 is 3. The highest BCUT2D eigenvalue weighted by Crippen LogP contribution is 2.41. The third kappa shape index (κ3) is 4.78. The van der Waals surface area contributed by atoms with Crippen LogP contribution in [0.4, 0.5) is 0 Å². The molecule has 0 atom stereocenters. The minimum Gasteiger partial charge on any atom is -0.493 e. The Hall–Kier alpha value is -2.95. The summed E-state index contributed by atoms with van der Waals surface area (Å²) in [6.07, 6.45) is 0. The van der Waals surface area contributed by atoms with Crippen LogP contribution in [0.25, 0.3) is 11.5 Å². The summed E-state index contributed by atoms with van der Waals surface area (Å²) in [5.41, 5.74) is 0.607. The molecule has 0 unspecified atom stereocenters. The molecule has 2 aromatic rings. The molecule has 1 saturated heterocycles. The number of ether oxygens (including phenoxy) is 3. The van der Waals surface area contributed by atoms with Crippen molar-refractivity contribution in [2.24, 2.45) is 0 Å². The Morgan fingerprint density at radius 3 is 2.13 bits per heavy atom. The fourth-order valence-electron chi connectivity index (χ4n) is 3.07. The van der Waals surface area contributed by atoms with Crippen LogP contribution < -0.4 is 14.2 Å². The molecule has 2 heterocycles. The van der Waals surface area contributed by atoms with Crippen LogP contribution in [0.2, 0.25) is 0 Å². The molecule has 2 amide bonds. The maximum atomic E-state index is 12.4. The van der Waals surface area contributed by atoms with Crippen LogP contribution in [0, 0.1) is 0 Å². The molecule has 1 aliphatic heterocycles. The Balaban J connectivity index is 1.63. The minimum absolute atomic E-state index is 0.0293. The Morgan fingerprint density at radius 1 is 1.00 bits per heavy atom. The van der Waals surface area contributed by atoms with Crippen LogP contribution in [-0.4, -0.2) is 85.1 Å². The smallest absolute Gasteiger partial charge is 0.277 e. The van der Waals surface area contributed by atoms with E-state index < -0.39 is 0 Å². The number of carbonyl (C=O) groups is 2. The molecule has 0 aliphatic carbocycles. The molecule has 30 heavy (non-hydrogen) atoms. The Labute approximate surface area is 178 Å². The molecule has 0 N–H and O–H groups in total. The lowest BCUT2D eigenvalue weighted by molar-refractivity contribution is -0.136. The van der Waals surface area contributed by atoms with Gasteiger partial charge in [-0.1, -0.05) is 11.8 Å². The molecule has 3 rings (SSSR count). The highest BCUT2D eigenvalue weighted by atomic mass is 32.2. The first-order valence-electron chi connectivity index (χ1n) is 9.26. The summed E-state index contributed by atoms with van der Waals surface area (Å²) in [4.78, 5) is 27.3. The average Bonchev–Trinajstić information content (AvgIpc) is 3.25. The van der Waals surface area contributed by atoms with Gasteiger partial charge >= 0.3 is 0 Å². The van der Waals surface area contributed by atoms with Gasteiger partial charge in [0.2, 0.25) is 23.5 Å². The third-order valence-corrected chi connectivity index (χ3v) is 5.52. The van der Waals surface area contributed by atoms with Crippen LogP contribution in [-0.2, 0) is 9.59 Å². The van der Waals surface area contributed by atoms with E-state index in [0.29, 0.717) is 49.0 Å². The Bertz CT molecular complexity index is 885. The first kappa shape index (κ1) is 21.8.